The second-order valence-corrected chi connectivity index (χ2v) is 6.47. The number of aliphatic hydroxyl groups excluding tert-OH is 1. The van der Waals surface area contributed by atoms with Crippen LogP contribution >= 0.6 is 0 Å². The fraction of sp³-hybridized carbons (Fsp3) is 0.667. The molecule has 1 fully saturated rings. The van der Waals surface area contributed by atoms with Gasteiger partial charge in [0, 0.05) is 13.1 Å². The lowest BCUT2D eigenvalue weighted by atomic mass is 9.83. The first-order valence-electron chi connectivity index (χ1n) is 8.22. The minimum atomic E-state index is -0.458. The first kappa shape index (κ1) is 16.3. The predicted octanol–water partition coefficient (Wildman–Crippen LogP) is 3.29. The summed E-state index contributed by atoms with van der Waals surface area (Å²) in [5.74, 6) is 0.829. The fourth-order valence-corrected chi connectivity index (χ4v) is 3.24. The second-order valence-electron chi connectivity index (χ2n) is 6.47. The van der Waals surface area contributed by atoms with E-state index in [-0.39, 0.29) is 0 Å². The highest BCUT2D eigenvalue weighted by atomic mass is 16.5. The molecule has 118 valence electrons. The van der Waals surface area contributed by atoms with Gasteiger partial charge in [0.1, 0.15) is 18.5 Å². The van der Waals surface area contributed by atoms with Crippen LogP contribution in [0.5, 0.6) is 5.75 Å². The summed E-state index contributed by atoms with van der Waals surface area (Å²) in [5, 5.41) is 13.5. The molecule has 2 rings (SSSR count). The molecule has 0 aromatic heterocycles. The van der Waals surface area contributed by atoms with Gasteiger partial charge in [-0.1, -0.05) is 31.9 Å². The molecule has 1 unspecified atom stereocenters. The van der Waals surface area contributed by atoms with Gasteiger partial charge in [0.05, 0.1) is 0 Å². The van der Waals surface area contributed by atoms with Crippen molar-refractivity contribution in [1.82, 2.24) is 5.32 Å². The number of aryl methyl sites for hydroxylation is 1. The van der Waals surface area contributed by atoms with E-state index in [9.17, 15) is 5.11 Å². The van der Waals surface area contributed by atoms with Crippen LogP contribution in [0, 0.1) is 12.3 Å². The summed E-state index contributed by atoms with van der Waals surface area (Å²) < 4.78 is 5.63. The normalized spacial score (nSPS) is 18.6. The Labute approximate surface area is 128 Å². The summed E-state index contributed by atoms with van der Waals surface area (Å²) in [6, 6.07) is 7.93. The highest BCUT2D eigenvalue weighted by molar-refractivity contribution is 5.27. The Hall–Kier alpha value is -1.06. The lowest BCUT2D eigenvalue weighted by Gasteiger charge is -2.28. The number of hydrogen-bond donors (Lipinski definition) is 2. The van der Waals surface area contributed by atoms with Crippen molar-refractivity contribution in [2.24, 2.45) is 5.41 Å². The van der Waals surface area contributed by atoms with Crippen molar-refractivity contribution in [2.75, 3.05) is 19.7 Å². The van der Waals surface area contributed by atoms with Gasteiger partial charge >= 0.3 is 0 Å². The van der Waals surface area contributed by atoms with E-state index in [0.717, 1.165) is 12.3 Å². The quantitative estimate of drug-likeness (QED) is 0.772. The zero-order valence-corrected chi connectivity index (χ0v) is 13.4. The molecule has 0 heterocycles. The maximum atomic E-state index is 10.0. The van der Waals surface area contributed by atoms with E-state index in [1.807, 2.05) is 31.2 Å². The van der Waals surface area contributed by atoms with Crippen molar-refractivity contribution in [3.8, 4) is 5.75 Å². The van der Waals surface area contributed by atoms with Gasteiger partial charge in [-0.15, -0.1) is 0 Å². The molecule has 1 aromatic carbocycles. The smallest absolute Gasteiger partial charge is 0.119 e. The first-order chi connectivity index (χ1) is 10.1. The van der Waals surface area contributed by atoms with Crippen molar-refractivity contribution in [3.63, 3.8) is 0 Å². The van der Waals surface area contributed by atoms with Crippen LogP contribution < -0.4 is 10.1 Å². The van der Waals surface area contributed by atoms with Gasteiger partial charge in [0.2, 0.25) is 0 Å². The SMILES string of the molecule is CCC1(CNCC(O)COc2cccc(C)c2)CCCC1. The fourth-order valence-electron chi connectivity index (χ4n) is 3.24. The summed E-state index contributed by atoms with van der Waals surface area (Å²) in [4.78, 5) is 0. The molecule has 3 nitrogen and oxygen atoms in total. The largest absolute Gasteiger partial charge is 0.491 e. The number of ether oxygens (including phenoxy) is 1. The molecule has 0 amide bonds. The zero-order chi connectivity index (χ0) is 15.1. The molecular formula is C18H29NO2. The third-order valence-electron chi connectivity index (χ3n) is 4.73. The third-order valence-corrected chi connectivity index (χ3v) is 4.73. The third kappa shape index (κ3) is 5.01. The zero-order valence-electron chi connectivity index (χ0n) is 13.4. The standard InChI is InChI=1S/C18H29NO2/c1-3-18(9-4-5-10-18)14-19-12-16(20)13-21-17-8-6-7-15(2)11-17/h6-8,11,16,19-20H,3-5,9-10,12-14H2,1-2H3. The Morgan fingerprint density at radius 3 is 2.76 bits per heavy atom. The van der Waals surface area contributed by atoms with Crippen LogP contribution in [-0.4, -0.2) is 30.9 Å². The van der Waals surface area contributed by atoms with E-state index >= 15 is 0 Å². The van der Waals surface area contributed by atoms with Gasteiger partial charge < -0.3 is 15.2 Å². The van der Waals surface area contributed by atoms with E-state index in [1.165, 1.54) is 37.7 Å². The van der Waals surface area contributed by atoms with Crippen LogP contribution in [0.3, 0.4) is 0 Å². The molecule has 1 saturated carbocycles. The molecule has 0 saturated heterocycles. The maximum absolute atomic E-state index is 10.0. The van der Waals surface area contributed by atoms with Crippen molar-refractivity contribution in [2.45, 2.75) is 52.1 Å². The van der Waals surface area contributed by atoms with Crippen molar-refractivity contribution in [1.29, 1.82) is 0 Å². The monoisotopic (exact) mass is 291 g/mol. The highest BCUT2D eigenvalue weighted by Crippen LogP contribution is 2.40. The van der Waals surface area contributed by atoms with Gasteiger partial charge in [-0.25, -0.2) is 0 Å². The first-order valence-corrected chi connectivity index (χ1v) is 8.22. The number of benzene rings is 1. The predicted molar refractivity (Wildman–Crippen MR) is 86.7 cm³/mol. The Kier molecular flexibility index (Phi) is 6.07. The number of nitrogens with one attached hydrogen (secondary N) is 1. The molecule has 1 atom stereocenters. The summed E-state index contributed by atoms with van der Waals surface area (Å²) in [7, 11) is 0. The van der Waals surface area contributed by atoms with Crippen LogP contribution in [-0.2, 0) is 0 Å². The summed E-state index contributed by atoms with van der Waals surface area (Å²) in [6.45, 7) is 6.29. The van der Waals surface area contributed by atoms with Gasteiger partial charge in [-0.2, -0.15) is 0 Å². The molecule has 3 heteroatoms. The Bertz CT molecular complexity index is 427. The number of hydrogen-bond acceptors (Lipinski definition) is 3. The molecule has 21 heavy (non-hydrogen) atoms. The molecule has 0 bridgehead atoms. The Morgan fingerprint density at radius 1 is 1.33 bits per heavy atom. The molecule has 1 aliphatic carbocycles. The van der Waals surface area contributed by atoms with Crippen LogP contribution in [0.25, 0.3) is 0 Å². The van der Waals surface area contributed by atoms with Crippen LogP contribution in [0.1, 0.15) is 44.6 Å². The average Bonchev–Trinajstić information content (AvgIpc) is 2.95. The molecular weight excluding hydrogens is 262 g/mol. The lowest BCUT2D eigenvalue weighted by Crippen LogP contribution is -2.38. The number of aliphatic hydroxyl groups is 1. The summed E-state index contributed by atoms with van der Waals surface area (Å²) in [6.07, 6.45) is 6.14. The highest BCUT2D eigenvalue weighted by Gasteiger charge is 2.31. The van der Waals surface area contributed by atoms with Crippen molar-refractivity contribution in [3.05, 3.63) is 29.8 Å². The van der Waals surface area contributed by atoms with E-state index in [1.54, 1.807) is 0 Å². The van der Waals surface area contributed by atoms with Gasteiger partial charge in [0.25, 0.3) is 0 Å². The molecule has 0 spiro atoms. The Balaban J connectivity index is 1.66. The topological polar surface area (TPSA) is 41.5 Å². The lowest BCUT2D eigenvalue weighted by molar-refractivity contribution is 0.102. The Morgan fingerprint density at radius 2 is 2.10 bits per heavy atom. The van der Waals surface area contributed by atoms with Crippen LogP contribution in [0.15, 0.2) is 24.3 Å². The van der Waals surface area contributed by atoms with Crippen LogP contribution in [0.2, 0.25) is 0 Å². The minimum Gasteiger partial charge on any atom is -0.491 e. The molecule has 1 aliphatic rings. The minimum absolute atomic E-state index is 0.343. The van der Waals surface area contributed by atoms with Gasteiger partial charge in [-0.3, -0.25) is 0 Å². The van der Waals surface area contributed by atoms with Crippen molar-refractivity contribution < 1.29 is 9.84 Å². The van der Waals surface area contributed by atoms with Crippen LogP contribution in [0.4, 0.5) is 0 Å². The average molecular weight is 291 g/mol. The molecule has 0 radical (unpaired) electrons. The summed E-state index contributed by atoms with van der Waals surface area (Å²) in [5.41, 5.74) is 1.64. The maximum Gasteiger partial charge on any atom is 0.119 e. The number of rotatable bonds is 8. The van der Waals surface area contributed by atoms with Crippen molar-refractivity contribution >= 4 is 0 Å². The van der Waals surface area contributed by atoms with E-state index in [4.69, 9.17) is 4.74 Å². The van der Waals surface area contributed by atoms with Gasteiger partial charge in [0.15, 0.2) is 0 Å². The summed E-state index contributed by atoms with van der Waals surface area (Å²) >= 11 is 0. The van der Waals surface area contributed by atoms with E-state index < -0.39 is 6.10 Å². The molecule has 1 aromatic rings. The molecule has 0 aliphatic heterocycles. The molecule has 2 N–H and O–H groups in total. The van der Waals surface area contributed by atoms with E-state index in [0.29, 0.717) is 18.6 Å². The second kappa shape index (κ2) is 7.81. The van der Waals surface area contributed by atoms with Gasteiger partial charge in [-0.05, 0) is 49.3 Å². The van der Waals surface area contributed by atoms with E-state index in [2.05, 4.69) is 12.2 Å².